The van der Waals surface area contributed by atoms with Crippen LogP contribution in [-0.2, 0) is 4.79 Å². The first kappa shape index (κ1) is 25.8. The smallest absolute Gasteiger partial charge is 0.127 e. The second kappa shape index (κ2) is 14.8. The third-order valence-electron chi connectivity index (χ3n) is 5.25. The van der Waals surface area contributed by atoms with Crippen LogP contribution in [0.25, 0.3) is 0 Å². The molecule has 0 aromatic carbocycles. The second-order valence-corrected chi connectivity index (χ2v) is 7.48. The molecule has 0 radical (unpaired) electrons. The van der Waals surface area contributed by atoms with E-state index in [1.54, 1.807) is 0 Å². The highest BCUT2D eigenvalue weighted by molar-refractivity contribution is 5.69. The summed E-state index contributed by atoms with van der Waals surface area (Å²) in [5, 5.41) is 42.1. The van der Waals surface area contributed by atoms with Crippen molar-refractivity contribution in [1.29, 1.82) is 0 Å². The minimum Gasteiger partial charge on any atom is -0.544 e. The maximum absolute atomic E-state index is 11.6. The first-order valence-corrected chi connectivity index (χ1v) is 10.1. The van der Waals surface area contributed by atoms with Crippen molar-refractivity contribution in [2.75, 3.05) is 26.2 Å². The van der Waals surface area contributed by atoms with Gasteiger partial charge in [0.1, 0.15) is 37.9 Å². The Kier molecular flexibility index (Phi) is 14.1. The van der Waals surface area contributed by atoms with Crippen LogP contribution in [0.2, 0.25) is 0 Å². The van der Waals surface area contributed by atoms with Crippen molar-refractivity contribution in [3.8, 4) is 0 Å². The molecule has 0 aliphatic heterocycles. The molecule has 0 aromatic rings. The molecular weight excluding hydrogens is 346 g/mol. The van der Waals surface area contributed by atoms with Gasteiger partial charge in [0.05, 0.1) is 12.6 Å². The Hall–Kier alpha value is -1.21. The summed E-state index contributed by atoms with van der Waals surface area (Å²) in [5.41, 5.74) is 0. The number of nitrogens with zero attached hydrogens (tertiary/aromatic N) is 1. The van der Waals surface area contributed by atoms with E-state index in [0.717, 1.165) is 38.5 Å². The molecule has 3 unspecified atom stereocenters. The molecule has 0 heterocycles. The maximum Gasteiger partial charge on any atom is 0.127 e. The third kappa shape index (κ3) is 10.6. The van der Waals surface area contributed by atoms with Gasteiger partial charge in [0.15, 0.2) is 0 Å². The number of rotatable bonds is 18. The number of aliphatic carboxylic acids is 1. The third-order valence-corrected chi connectivity index (χ3v) is 5.25. The number of allylic oxidation sites excluding steroid dienone is 2. The minimum absolute atomic E-state index is 0.0793. The Bertz CT molecular complexity index is 403. The van der Waals surface area contributed by atoms with Crippen LogP contribution in [0.1, 0.15) is 58.3 Å². The van der Waals surface area contributed by atoms with Crippen molar-refractivity contribution in [3.05, 3.63) is 25.3 Å². The van der Waals surface area contributed by atoms with Crippen molar-refractivity contribution in [3.63, 3.8) is 0 Å². The van der Waals surface area contributed by atoms with Gasteiger partial charge in [-0.05, 0) is 45.4 Å². The van der Waals surface area contributed by atoms with Crippen LogP contribution in [0.5, 0.6) is 0 Å². The van der Waals surface area contributed by atoms with E-state index in [4.69, 9.17) is 0 Å². The van der Waals surface area contributed by atoms with E-state index in [2.05, 4.69) is 13.2 Å². The number of unbranched alkanes of at least 4 members (excludes halogenated alkanes) is 4. The number of aliphatic hydroxyl groups is 3. The highest BCUT2D eigenvalue weighted by atomic mass is 16.4. The molecule has 0 fully saturated rings. The van der Waals surface area contributed by atoms with Crippen LogP contribution in [0, 0.1) is 0 Å². The quantitative estimate of drug-likeness (QED) is 0.187. The lowest BCUT2D eigenvalue weighted by Crippen LogP contribution is -2.66. The largest absolute Gasteiger partial charge is 0.544 e. The average molecular weight is 386 g/mol. The molecule has 27 heavy (non-hydrogen) atoms. The zero-order chi connectivity index (χ0) is 20.7. The predicted molar refractivity (Wildman–Crippen MR) is 106 cm³/mol. The molecule has 6 nitrogen and oxygen atoms in total. The number of aliphatic hydroxyl groups excluding tert-OH is 3. The van der Waals surface area contributed by atoms with Crippen LogP contribution in [-0.4, -0.2) is 70.3 Å². The number of carboxylic acid groups (broad SMARTS) is 1. The average Bonchev–Trinajstić information content (AvgIpc) is 2.61. The molecule has 3 N–H and O–H groups in total. The summed E-state index contributed by atoms with van der Waals surface area (Å²) in [7, 11) is 0. The van der Waals surface area contributed by atoms with Gasteiger partial charge in [0, 0.05) is 0 Å². The highest BCUT2D eigenvalue weighted by Crippen LogP contribution is 2.20. The van der Waals surface area contributed by atoms with Crippen molar-refractivity contribution >= 4 is 5.97 Å². The molecule has 0 spiro atoms. The van der Waals surface area contributed by atoms with E-state index in [1.165, 1.54) is 6.92 Å². The summed E-state index contributed by atoms with van der Waals surface area (Å²) in [4.78, 5) is 11.6. The van der Waals surface area contributed by atoms with E-state index in [0.29, 0.717) is 12.8 Å². The zero-order valence-electron chi connectivity index (χ0n) is 16.9. The molecule has 0 bridgehead atoms. The molecule has 0 aromatic heterocycles. The van der Waals surface area contributed by atoms with Crippen molar-refractivity contribution in [2.24, 2.45) is 0 Å². The number of hydrogen-bond donors (Lipinski definition) is 3. The maximum atomic E-state index is 11.6. The molecule has 0 amide bonds. The lowest BCUT2D eigenvalue weighted by atomic mass is 10.0. The fraction of sp³-hybridized carbons (Fsp3) is 0.762. The van der Waals surface area contributed by atoms with E-state index in [9.17, 15) is 25.2 Å². The molecular formula is C21H39NO5. The van der Waals surface area contributed by atoms with E-state index in [-0.39, 0.29) is 30.7 Å². The van der Waals surface area contributed by atoms with Crippen molar-refractivity contribution in [2.45, 2.75) is 76.5 Å². The van der Waals surface area contributed by atoms with Gasteiger partial charge in [0.2, 0.25) is 0 Å². The lowest BCUT2D eigenvalue weighted by Gasteiger charge is -2.46. The van der Waals surface area contributed by atoms with Crippen molar-refractivity contribution < 1.29 is 29.7 Å². The van der Waals surface area contributed by atoms with Crippen LogP contribution in [0.3, 0.4) is 0 Å². The predicted octanol–water partition coefficient (Wildman–Crippen LogP) is 1.15. The van der Waals surface area contributed by atoms with Gasteiger partial charge < -0.3 is 29.7 Å². The summed E-state index contributed by atoms with van der Waals surface area (Å²) in [6, 6.07) is -0.928. The van der Waals surface area contributed by atoms with Gasteiger partial charge in [0.25, 0.3) is 0 Å². The van der Waals surface area contributed by atoms with Gasteiger partial charge in [-0.25, -0.2) is 0 Å². The topological polar surface area (TPSA) is 101 Å². The normalized spacial score (nSPS) is 16.9. The van der Waals surface area contributed by atoms with Crippen LogP contribution >= 0.6 is 0 Å². The standard InChI is InChI=1S/C21H39NO5/c1-4-6-8-10-12-19(24)16-22(14-15-23,18(3)21(26)27)17-20(25)13-11-9-7-5-2/h4-5,18-20,23-25H,1-2,6-17H2,3H3. The van der Waals surface area contributed by atoms with E-state index in [1.807, 2.05) is 12.2 Å². The van der Waals surface area contributed by atoms with Crippen LogP contribution in [0.15, 0.2) is 25.3 Å². The van der Waals surface area contributed by atoms with Crippen LogP contribution < -0.4 is 5.11 Å². The van der Waals surface area contributed by atoms with Gasteiger partial charge in [-0.1, -0.05) is 25.0 Å². The van der Waals surface area contributed by atoms with E-state index >= 15 is 0 Å². The number of carbonyl (C=O) groups excluding carboxylic acids is 1. The first-order chi connectivity index (χ1) is 12.8. The molecule has 0 aliphatic rings. The molecule has 3 atom stereocenters. The number of quaternary nitrogens is 1. The van der Waals surface area contributed by atoms with Gasteiger partial charge in [-0.2, -0.15) is 0 Å². The SMILES string of the molecule is C=CCCCCC(O)C[N+](CCO)(CC(O)CCCCC=C)C(C)C(=O)[O-]. The monoisotopic (exact) mass is 385 g/mol. The molecule has 0 saturated heterocycles. The molecule has 0 rings (SSSR count). The Labute approximate surface area is 164 Å². The number of carboxylic acids is 1. The Morgan fingerprint density at radius 1 is 1.00 bits per heavy atom. The first-order valence-electron chi connectivity index (χ1n) is 10.1. The summed E-state index contributed by atoms with van der Waals surface area (Å²) in [6.45, 7) is 9.16. The molecule has 0 saturated carbocycles. The summed E-state index contributed by atoms with van der Waals surface area (Å²) >= 11 is 0. The Balaban J connectivity index is 5.07. The van der Waals surface area contributed by atoms with Gasteiger partial charge >= 0.3 is 0 Å². The van der Waals surface area contributed by atoms with Crippen LogP contribution in [0.4, 0.5) is 0 Å². The van der Waals surface area contributed by atoms with Gasteiger partial charge in [-0.15, -0.1) is 13.2 Å². The molecule has 0 aliphatic carbocycles. The minimum atomic E-state index is -1.24. The Morgan fingerprint density at radius 2 is 1.44 bits per heavy atom. The fourth-order valence-electron chi connectivity index (χ4n) is 3.55. The van der Waals surface area contributed by atoms with Crippen molar-refractivity contribution in [1.82, 2.24) is 0 Å². The highest BCUT2D eigenvalue weighted by Gasteiger charge is 2.38. The van der Waals surface area contributed by atoms with Gasteiger partial charge in [-0.3, -0.25) is 0 Å². The molecule has 158 valence electrons. The second-order valence-electron chi connectivity index (χ2n) is 7.48. The molecule has 6 heteroatoms. The fourth-order valence-corrected chi connectivity index (χ4v) is 3.55. The summed E-state index contributed by atoms with van der Waals surface area (Å²) in [6.07, 6.45) is 8.59. The lowest BCUT2D eigenvalue weighted by molar-refractivity contribution is -0.948. The van der Waals surface area contributed by atoms with E-state index < -0.39 is 24.2 Å². The zero-order valence-corrected chi connectivity index (χ0v) is 16.9. The summed E-state index contributed by atoms with van der Waals surface area (Å²) < 4.78 is -0.0793. The number of hydrogen-bond acceptors (Lipinski definition) is 5. The Morgan fingerprint density at radius 3 is 1.78 bits per heavy atom. The summed E-state index contributed by atoms with van der Waals surface area (Å²) in [5.74, 6) is -1.24. The number of carbonyl (C=O) groups is 1.